The molecule has 10 heteroatoms. The smallest absolute Gasteiger partial charge is 0.596 e. The topological polar surface area (TPSA) is 72.9 Å². The highest BCUT2D eigenvalue weighted by atomic mass is 79.9. The molecule has 0 atom stereocenters. The monoisotopic (exact) mass is 594 g/mol. The van der Waals surface area contributed by atoms with Gasteiger partial charge in [0, 0.05) is 16.5 Å². The maximum atomic E-state index is 14.0. The minimum Gasteiger partial charge on any atom is -0.596 e. The molecule has 0 unspecified atom stereocenters. The summed E-state index contributed by atoms with van der Waals surface area (Å²) in [6, 6.07) is 22.0. The molecular weight excluding hydrogens is 570 g/mol. The van der Waals surface area contributed by atoms with Crippen molar-refractivity contribution in [1.82, 2.24) is 4.90 Å². The van der Waals surface area contributed by atoms with E-state index in [-0.39, 0.29) is 29.9 Å². The second kappa shape index (κ2) is 10.1. The molecule has 2 saturated heterocycles. The lowest BCUT2D eigenvalue weighted by Crippen LogP contribution is -2.61. The van der Waals surface area contributed by atoms with Gasteiger partial charge in [-0.3, -0.25) is 14.4 Å². The van der Waals surface area contributed by atoms with Crippen LogP contribution in [-0.4, -0.2) is 54.0 Å². The van der Waals surface area contributed by atoms with E-state index in [1.807, 2.05) is 55.5 Å². The summed E-state index contributed by atoms with van der Waals surface area (Å²) in [7, 11) is 1.77. The van der Waals surface area contributed by atoms with Crippen LogP contribution < -0.4 is 0 Å². The Labute approximate surface area is 234 Å². The van der Waals surface area contributed by atoms with Crippen LogP contribution in [0.4, 0.5) is 0 Å². The van der Waals surface area contributed by atoms with Crippen LogP contribution in [0.25, 0.3) is 5.47 Å². The highest BCUT2D eigenvalue weighted by Crippen LogP contribution is 2.43. The number of rotatable bonds is 6. The van der Waals surface area contributed by atoms with Crippen LogP contribution in [-0.2, 0) is 25.4 Å². The molecular formula is C28H25BBrClN2O5. The van der Waals surface area contributed by atoms with E-state index in [2.05, 4.69) is 15.9 Å². The lowest BCUT2D eigenvalue weighted by Gasteiger charge is -2.42. The normalized spacial score (nSPS) is 22.6. The van der Waals surface area contributed by atoms with Crippen LogP contribution >= 0.6 is 27.5 Å². The summed E-state index contributed by atoms with van der Waals surface area (Å²) in [5.41, 5.74) is 3.31. The van der Waals surface area contributed by atoms with E-state index >= 15 is 0 Å². The fraction of sp³-hybridized carbons (Fsp3) is 0.179. The summed E-state index contributed by atoms with van der Waals surface area (Å²) in [6.45, 7) is -0.575. The minimum absolute atomic E-state index is 0.0162. The van der Waals surface area contributed by atoms with Crippen molar-refractivity contribution in [3.05, 3.63) is 111 Å². The number of amides is 1. The average molecular weight is 596 g/mol. The average Bonchev–Trinajstić information content (AvgIpc) is 3.26. The van der Waals surface area contributed by atoms with E-state index in [4.69, 9.17) is 20.9 Å². The Morgan fingerprint density at radius 2 is 1.61 bits per heavy atom. The molecule has 5 rings (SSSR count). The zero-order valence-electron chi connectivity index (χ0n) is 20.9. The number of halogens is 2. The summed E-state index contributed by atoms with van der Waals surface area (Å²) >= 11 is 9.98. The van der Waals surface area contributed by atoms with Crippen LogP contribution in [0.5, 0.6) is 0 Å². The van der Waals surface area contributed by atoms with E-state index in [1.165, 1.54) is 4.90 Å². The highest BCUT2D eigenvalue weighted by Gasteiger charge is 2.67. The highest BCUT2D eigenvalue weighted by molar-refractivity contribution is 9.10. The van der Waals surface area contributed by atoms with Gasteiger partial charge in [0.2, 0.25) is 0 Å². The quantitative estimate of drug-likeness (QED) is 0.370. The molecule has 0 saturated carbocycles. The second-order valence-electron chi connectivity index (χ2n) is 9.90. The van der Waals surface area contributed by atoms with Gasteiger partial charge in [0.05, 0.1) is 12.1 Å². The van der Waals surface area contributed by atoms with E-state index in [1.54, 1.807) is 37.5 Å². The van der Waals surface area contributed by atoms with Gasteiger partial charge in [-0.1, -0.05) is 71.8 Å². The molecule has 38 heavy (non-hydrogen) atoms. The number of benzene rings is 3. The third-order valence-electron chi connectivity index (χ3n) is 7.12. The SMILES string of the molecule is Cc1ccc(/C(=C\N(Cc2ccccc2Cl)C(=O)c2ccccc2Br)[B-]23OC(=O)C[N+]2(C)CC(=O)O3)cc1. The Morgan fingerprint density at radius 1 is 1.00 bits per heavy atom. The van der Waals surface area contributed by atoms with E-state index < -0.39 is 18.6 Å². The molecule has 2 heterocycles. The number of carbonyl (C=O) groups is 3. The number of quaternary nitrogens is 1. The number of hydrogen-bond donors (Lipinski definition) is 0. The van der Waals surface area contributed by atoms with Crippen molar-refractivity contribution in [1.29, 1.82) is 0 Å². The molecule has 2 fully saturated rings. The zero-order valence-corrected chi connectivity index (χ0v) is 23.2. The molecule has 0 aliphatic carbocycles. The molecule has 0 N–H and O–H groups in total. The second-order valence-corrected chi connectivity index (χ2v) is 11.2. The van der Waals surface area contributed by atoms with Crippen molar-refractivity contribution in [2.45, 2.75) is 13.5 Å². The fourth-order valence-corrected chi connectivity index (χ4v) is 5.78. The van der Waals surface area contributed by atoms with E-state index in [0.717, 1.165) is 11.1 Å². The molecule has 3 aromatic carbocycles. The molecule has 2 aliphatic rings. The van der Waals surface area contributed by atoms with Crippen molar-refractivity contribution < 1.29 is 28.1 Å². The van der Waals surface area contributed by atoms with Crippen LogP contribution in [0.2, 0.25) is 5.02 Å². The van der Waals surface area contributed by atoms with Gasteiger partial charge in [-0.2, -0.15) is 0 Å². The third kappa shape index (κ3) is 4.66. The molecule has 2 aliphatic heterocycles. The first-order valence-corrected chi connectivity index (χ1v) is 13.3. The van der Waals surface area contributed by atoms with Gasteiger partial charge in [0.1, 0.15) is 13.1 Å². The number of likely N-dealkylation sites (N-methyl/N-ethyl adjacent to an activating group) is 1. The Morgan fingerprint density at radius 3 is 2.24 bits per heavy atom. The molecule has 0 aromatic heterocycles. The van der Waals surface area contributed by atoms with Crippen LogP contribution in [0, 0.1) is 6.92 Å². The van der Waals surface area contributed by atoms with Crippen molar-refractivity contribution in [2.75, 3.05) is 20.1 Å². The van der Waals surface area contributed by atoms with Gasteiger partial charge in [-0.25, -0.2) is 0 Å². The predicted molar refractivity (Wildman–Crippen MR) is 148 cm³/mol. The van der Waals surface area contributed by atoms with Gasteiger partial charge in [-0.15, -0.1) is 0 Å². The standard InChI is InChI=1S/C28H25BBrClN2O5/c1-19-11-13-20(14-12-19)23(29-33(2,17-26(34)37-29)18-27(35)38-29)16-32(15-21-7-3-6-10-25(21)31)28(36)22-8-4-5-9-24(22)30/h3-14,16H,15,17-18H2,1-2H3/b23-16+. The summed E-state index contributed by atoms with van der Waals surface area (Å²) < 4.78 is 12.3. The number of aryl methyl sites for hydroxylation is 1. The molecule has 194 valence electrons. The van der Waals surface area contributed by atoms with Crippen molar-refractivity contribution >= 4 is 57.5 Å². The summed E-state index contributed by atoms with van der Waals surface area (Å²) in [4.78, 5) is 40.8. The Hall–Kier alpha value is -3.40. The first kappa shape index (κ1) is 26.2. The van der Waals surface area contributed by atoms with Crippen molar-refractivity contribution in [2.24, 2.45) is 0 Å². The molecule has 0 bridgehead atoms. The van der Waals surface area contributed by atoms with Gasteiger partial charge >= 0.3 is 18.6 Å². The van der Waals surface area contributed by atoms with Gasteiger partial charge in [0.15, 0.2) is 0 Å². The summed E-state index contributed by atoms with van der Waals surface area (Å²) in [5.74, 6) is -1.24. The molecule has 3 aromatic rings. The maximum absolute atomic E-state index is 14.0. The Bertz CT molecular complexity index is 1460. The van der Waals surface area contributed by atoms with Gasteiger partial charge in [0.25, 0.3) is 5.91 Å². The molecule has 1 amide bonds. The largest absolute Gasteiger partial charge is 0.616 e. The van der Waals surface area contributed by atoms with Crippen molar-refractivity contribution in [3.63, 3.8) is 0 Å². The minimum atomic E-state index is -2.64. The molecule has 0 spiro atoms. The fourth-order valence-electron chi connectivity index (χ4n) is 5.13. The number of fused-ring (bicyclic) bond motifs is 1. The lowest BCUT2D eigenvalue weighted by atomic mass is 9.58. The lowest BCUT2D eigenvalue weighted by molar-refractivity contribution is -0.791. The molecule has 0 radical (unpaired) electrons. The number of nitrogens with zero attached hydrogens (tertiary/aromatic N) is 2. The number of hydrogen-bond acceptors (Lipinski definition) is 5. The van der Waals surface area contributed by atoms with Gasteiger partial charge < -0.3 is 18.6 Å². The third-order valence-corrected chi connectivity index (χ3v) is 8.18. The van der Waals surface area contributed by atoms with Crippen LogP contribution in [0.1, 0.15) is 27.0 Å². The summed E-state index contributed by atoms with van der Waals surface area (Å²) in [5, 5.41) is 0.506. The van der Waals surface area contributed by atoms with Gasteiger partial charge in [-0.05, 0) is 63.9 Å². The van der Waals surface area contributed by atoms with Crippen molar-refractivity contribution in [3.8, 4) is 0 Å². The first-order chi connectivity index (χ1) is 18.1. The zero-order chi connectivity index (χ0) is 27.1. The molecule has 7 nitrogen and oxygen atoms in total. The van der Waals surface area contributed by atoms with E-state index in [0.29, 0.717) is 26.1 Å². The Balaban J connectivity index is 1.72. The predicted octanol–water partition coefficient (Wildman–Crippen LogP) is 5.13. The Kier molecular flexibility index (Phi) is 6.94. The maximum Gasteiger partial charge on any atom is 0.616 e. The number of carbonyl (C=O) groups excluding carboxylic acids is 3. The first-order valence-electron chi connectivity index (χ1n) is 12.1. The van der Waals surface area contributed by atoms with Crippen LogP contribution in [0.15, 0.2) is 83.5 Å². The summed E-state index contributed by atoms with van der Waals surface area (Å²) in [6.07, 6.45) is 1.64. The van der Waals surface area contributed by atoms with E-state index in [9.17, 15) is 14.4 Å². The van der Waals surface area contributed by atoms with Crippen LogP contribution in [0.3, 0.4) is 0 Å².